The Kier molecular flexibility index (Phi) is 2.99. The maximum Gasteiger partial charge on any atom is 0.111 e. The van der Waals surface area contributed by atoms with Crippen LogP contribution in [0.15, 0.2) is 48.1 Å². The molecule has 20 heavy (non-hydrogen) atoms. The zero-order chi connectivity index (χ0) is 14.1. The van der Waals surface area contributed by atoms with Crippen molar-refractivity contribution in [1.82, 2.24) is 10.3 Å². The van der Waals surface area contributed by atoms with E-state index in [0.717, 1.165) is 46.1 Å². The van der Waals surface area contributed by atoms with Gasteiger partial charge < -0.3 is 11.1 Å². The molecule has 3 rings (SSSR count). The van der Waals surface area contributed by atoms with Gasteiger partial charge in [-0.1, -0.05) is 6.58 Å². The maximum atomic E-state index is 5.79. The number of nitrogens with zero attached hydrogens (tertiary/aromatic N) is 2. The minimum atomic E-state index is 0.749. The highest BCUT2D eigenvalue weighted by molar-refractivity contribution is 5.97. The number of hydrogen-bond donors (Lipinski definition) is 2. The highest BCUT2D eigenvalue weighted by atomic mass is 15.0. The number of nitrogens with one attached hydrogen (secondary N) is 1. The van der Waals surface area contributed by atoms with Crippen molar-refractivity contribution in [1.29, 1.82) is 0 Å². The van der Waals surface area contributed by atoms with Crippen molar-refractivity contribution in [2.24, 2.45) is 4.99 Å². The third kappa shape index (κ3) is 2.28. The molecule has 0 atom stereocenters. The first-order valence-electron chi connectivity index (χ1n) is 6.47. The molecule has 0 unspecified atom stereocenters. The number of amidine groups is 1. The fraction of sp³-hybridized carbons (Fsp3) is 0.125. The van der Waals surface area contributed by atoms with E-state index < -0.39 is 0 Å². The van der Waals surface area contributed by atoms with Crippen LogP contribution in [0, 0.1) is 6.92 Å². The summed E-state index contributed by atoms with van der Waals surface area (Å²) in [5.74, 6) is 0.888. The van der Waals surface area contributed by atoms with Gasteiger partial charge in [0.2, 0.25) is 0 Å². The fourth-order valence-electron chi connectivity index (χ4n) is 2.34. The van der Waals surface area contributed by atoms with Crippen molar-refractivity contribution in [3.05, 3.63) is 59.9 Å². The molecule has 0 amide bonds. The number of aromatic nitrogens is 1. The standard InChI is InChI=1S/C16H16N4/c1-10-14(4-3-7-18-10)11(2)19-16-9-12-8-13(17)5-6-15(12)20-16/h3-8H,2,9,17H2,1H3,(H,19,20). The van der Waals surface area contributed by atoms with Crippen molar-refractivity contribution in [3.8, 4) is 0 Å². The summed E-state index contributed by atoms with van der Waals surface area (Å²) >= 11 is 0. The van der Waals surface area contributed by atoms with E-state index in [-0.39, 0.29) is 0 Å². The van der Waals surface area contributed by atoms with Crippen molar-refractivity contribution in [2.75, 3.05) is 5.73 Å². The van der Waals surface area contributed by atoms with Gasteiger partial charge in [0, 0.05) is 35.3 Å². The lowest BCUT2D eigenvalue weighted by molar-refractivity contribution is 1.15. The van der Waals surface area contributed by atoms with Crippen LogP contribution in [-0.4, -0.2) is 10.8 Å². The summed E-state index contributed by atoms with van der Waals surface area (Å²) in [5, 5.41) is 3.28. The molecule has 100 valence electrons. The van der Waals surface area contributed by atoms with Crippen LogP contribution in [0.3, 0.4) is 0 Å². The molecule has 0 saturated heterocycles. The normalized spacial score (nSPS) is 12.8. The Morgan fingerprint density at radius 1 is 1.35 bits per heavy atom. The second-order valence-electron chi connectivity index (χ2n) is 4.86. The van der Waals surface area contributed by atoms with E-state index in [1.54, 1.807) is 6.20 Å². The SMILES string of the molecule is C=C(NC1=Nc2ccc(N)cc2C1)c1cccnc1C. The van der Waals surface area contributed by atoms with E-state index in [1.165, 1.54) is 0 Å². The van der Waals surface area contributed by atoms with Crippen LogP contribution in [0.4, 0.5) is 11.4 Å². The van der Waals surface area contributed by atoms with Gasteiger partial charge in [-0.15, -0.1) is 0 Å². The molecule has 1 aromatic carbocycles. The topological polar surface area (TPSA) is 63.3 Å². The molecule has 0 bridgehead atoms. The molecule has 1 aromatic heterocycles. The number of anilines is 1. The molecule has 4 nitrogen and oxygen atoms in total. The van der Waals surface area contributed by atoms with Gasteiger partial charge in [0.1, 0.15) is 5.84 Å². The highest BCUT2D eigenvalue weighted by Gasteiger charge is 2.15. The number of pyridine rings is 1. The largest absolute Gasteiger partial charge is 0.399 e. The summed E-state index contributed by atoms with van der Waals surface area (Å²) in [5.41, 5.74) is 11.4. The minimum absolute atomic E-state index is 0.749. The number of benzene rings is 1. The third-order valence-electron chi connectivity index (χ3n) is 3.34. The Labute approximate surface area is 118 Å². The number of nitrogen functional groups attached to an aromatic ring is 1. The smallest absolute Gasteiger partial charge is 0.111 e. The summed E-state index contributed by atoms with van der Waals surface area (Å²) < 4.78 is 0. The molecule has 2 heterocycles. The molecule has 2 aromatic rings. The Hall–Kier alpha value is -2.62. The van der Waals surface area contributed by atoms with Gasteiger partial charge in [-0.25, -0.2) is 4.99 Å². The molecule has 3 N–H and O–H groups in total. The van der Waals surface area contributed by atoms with E-state index in [9.17, 15) is 0 Å². The average molecular weight is 264 g/mol. The van der Waals surface area contributed by atoms with E-state index in [1.807, 2.05) is 37.3 Å². The van der Waals surface area contributed by atoms with Crippen molar-refractivity contribution in [3.63, 3.8) is 0 Å². The van der Waals surface area contributed by atoms with Crippen LogP contribution >= 0.6 is 0 Å². The molecule has 0 fully saturated rings. The van der Waals surface area contributed by atoms with Gasteiger partial charge in [0.25, 0.3) is 0 Å². The number of aryl methyl sites for hydroxylation is 1. The number of rotatable bonds is 2. The van der Waals surface area contributed by atoms with Crippen LogP contribution in [0.2, 0.25) is 0 Å². The zero-order valence-electron chi connectivity index (χ0n) is 11.4. The highest BCUT2D eigenvalue weighted by Crippen LogP contribution is 2.28. The quantitative estimate of drug-likeness (QED) is 0.820. The third-order valence-corrected chi connectivity index (χ3v) is 3.34. The molecule has 0 spiro atoms. The van der Waals surface area contributed by atoms with Gasteiger partial charge in [0.05, 0.1) is 5.69 Å². The summed E-state index contributed by atoms with van der Waals surface area (Å²) in [6.45, 7) is 6.04. The van der Waals surface area contributed by atoms with Crippen LogP contribution in [0.1, 0.15) is 16.8 Å². The van der Waals surface area contributed by atoms with Crippen molar-refractivity contribution >= 4 is 22.9 Å². The minimum Gasteiger partial charge on any atom is -0.399 e. The predicted molar refractivity (Wildman–Crippen MR) is 82.8 cm³/mol. The number of nitrogens with two attached hydrogens (primary N) is 1. The van der Waals surface area contributed by atoms with Gasteiger partial charge in [-0.2, -0.15) is 0 Å². The summed E-state index contributed by atoms with van der Waals surface area (Å²) in [6.07, 6.45) is 2.52. The van der Waals surface area contributed by atoms with Crippen LogP contribution in [-0.2, 0) is 6.42 Å². The van der Waals surface area contributed by atoms with Crippen LogP contribution in [0.5, 0.6) is 0 Å². The Balaban J connectivity index is 1.78. The fourth-order valence-corrected chi connectivity index (χ4v) is 2.34. The molecular formula is C16H16N4. The number of hydrogen-bond acceptors (Lipinski definition) is 4. The molecule has 4 heteroatoms. The van der Waals surface area contributed by atoms with Crippen molar-refractivity contribution < 1.29 is 0 Å². The van der Waals surface area contributed by atoms with E-state index in [2.05, 4.69) is 21.9 Å². The molecule has 0 saturated carbocycles. The monoisotopic (exact) mass is 264 g/mol. The van der Waals surface area contributed by atoms with E-state index >= 15 is 0 Å². The van der Waals surface area contributed by atoms with Gasteiger partial charge in [-0.3, -0.25) is 4.98 Å². The van der Waals surface area contributed by atoms with Crippen LogP contribution in [0.25, 0.3) is 5.70 Å². The molecule has 0 aliphatic carbocycles. The predicted octanol–water partition coefficient (Wildman–Crippen LogP) is 2.82. The first-order valence-corrected chi connectivity index (χ1v) is 6.47. The van der Waals surface area contributed by atoms with Crippen molar-refractivity contribution in [2.45, 2.75) is 13.3 Å². The molecule has 1 aliphatic rings. The number of aliphatic imine (C=N–C) groups is 1. The van der Waals surface area contributed by atoms with Gasteiger partial charge in [-0.05, 0) is 42.8 Å². The molecule has 1 aliphatic heterocycles. The Morgan fingerprint density at radius 2 is 2.20 bits per heavy atom. The van der Waals surface area contributed by atoms with E-state index in [0.29, 0.717) is 0 Å². The molecular weight excluding hydrogens is 248 g/mol. The van der Waals surface area contributed by atoms with Gasteiger partial charge in [0.15, 0.2) is 0 Å². The zero-order valence-corrected chi connectivity index (χ0v) is 11.4. The summed E-state index contributed by atoms with van der Waals surface area (Å²) in [4.78, 5) is 8.83. The second-order valence-corrected chi connectivity index (χ2v) is 4.86. The maximum absolute atomic E-state index is 5.79. The Bertz CT molecular complexity index is 716. The lowest BCUT2D eigenvalue weighted by Gasteiger charge is -2.10. The lowest BCUT2D eigenvalue weighted by atomic mass is 10.1. The average Bonchev–Trinajstić information content (AvgIpc) is 2.80. The molecule has 0 radical (unpaired) electrons. The van der Waals surface area contributed by atoms with E-state index in [4.69, 9.17) is 5.73 Å². The lowest BCUT2D eigenvalue weighted by Crippen LogP contribution is -2.21. The van der Waals surface area contributed by atoms with Crippen LogP contribution < -0.4 is 11.1 Å². The summed E-state index contributed by atoms with van der Waals surface area (Å²) in [7, 11) is 0. The summed E-state index contributed by atoms with van der Waals surface area (Å²) in [6, 6.07) is 9.67. The first-order chi connectivity index (χ1) is 9.63. The number of fused-ring (bicyclic) bond motifs is 1. The second kappa shape index (κ2) is 4.81. The van der Waals surface area contributed by atoms with Gasteiger partial charge >= 0.3 is 0 Å². The Morgan fingerprint density at radius 3 is 3.00 bits per heavy atom. The first kappa shape index (κ1) is 12.4.